The molecule has 0 aliphatic heterocycles. The van der Waals surface area contributed by atoms with E-state index >= 15 is 0 Å². The molecule has 0 atom stereocenters. The van der Waals surface area contributed by atoms with Crippen molar-refractivity contribution in [2.75, 3.05) is 0 Å². The quantitative estimate of drug-likeness (QED) is 0.617. The Kier molecular flexibility index (Phi) is 5.76. The molecule has 0 N–H and O–H groups in total. The second-order valence-electron chi connectivity index (χ2n) is 4.49. The predicted molar refractivity (Wildman–Crippen MR) is 54.5 cm³/mol. The van der Waals surface area contributed by atoms with Crippen LogP contribution in [0.4, 0.5) is 0 Å². The molecule has 0 aromatic heterocycles. The van der Waals surface area contributed by atoms with Crippen molar-refractivity contribution in [1.29, 1.82) is 0 Å². The van der Waals surface area contributed by atoms with Crippen molar-refractivity contribution in [3.8, 4) is 0 Å². The Hall–Kier alpha value is -0.530. The molecule has 0 bridgehead atoms. The Balaban J connectivity index is 3.95. The molecule has 0 saturated carbocycles. The molecule has 0 aromatic carbocycles. The maximum atomic E-state index is 10.8. The molecular formula is C11H22O2. The summed E-state index contributed by atoms with van der Waals surface area (Å²) in [6.07, 6.45) is 2.05. The Morgan fingerprint density at radius 1 is 1.08 bits per heavy atom. The number of rotatable bonds is 5. The minimum absolute atomic E-state index is 0.109. The average molecular weight is 186 g/mol. The maximum absolute atomic E-state index is 10.8. The van der Waals surface area contributed by atoms with Gasteiger partial charge < -0.3 is 4.74 Å². The van der Waals surface area contributed by atoms with Crippen LogP contribution in [-0.4, -0.2) is 12.1 Å². The fourth-order valence-corrected chi connectivity index (χ4v) is 1.48. The predicted octanol–water partition coefficient (Wildman–Crippen LogP) is 3.01. The second kappa shape index (κ2) is 6.01. The Morgan fingerprint density at radius 3 is 1.69 bits per heavy atom. The molecule has 0 unspecified atom stereocenters. The van der Waals surface area contributed by atoms with E-state index in [0.29, 0.717) is 11.8 Å². The van der Waals surface area contributed by atoms with Gasteiger partial charge in [-0.1, -0.05) is 27.7 Å². The topological polar surface area (TPSA) is 26.3 Å². The zero-order valence-corrected chi connectivity index (χ0v) is 9.46. The van der Waals surface area contributed by atoms with Crippen LogP contribution in [0, 0.1) is 11.8 Å². The summed E-state index contributed by atoms with van der Waals surface area (Å²) in [6, 6.07) is 0. The first-order valence-electron chi connectivity index (χ1n) is 5.09. The van der Waals surface area contributed by atoms with Gasteiger partial charge in [0, 0.05) is 6.92 Å². The van der Waals surface area contributed by atoms with Crippen molar-refractivity contribution in [3.63, 3.8) is 0 Å². The molecule has 78 valence electrons. The van der Waals surface area contributed by atoms with Crippen LogP contribution in [0.2, 0.25) is 0 Å². The first-order valence-corrected chi connectivity index (χ1v) is 5.09. The van der Waals surface area contributed by atoms with Gasteiger partial charge >= 0.3 is 5.97 Å². The first-order chi connectivity index (χ1) is 5.91. The van der Waals surface area contributed by atoms with Crippen LogP contribution in [0.1, 0.15) is 47.5 Å². The van der Waals surface area contributed by atoms with E-state index in [1.807, 2.05) is 0 Å². The summed E-state index contributed by atoms with van der Waals surface area (Å²) in [7, 11) is 0. The first kappa shape index (κ1) is 12.5. The minimum atomic E-state index is -0.161. The molecule has 2 heteroatoms. The van der Waals surface area contributed by atoms with Crippen molar-refractivity contribution in [2.45, 2.75) is 53.6 Å². The average Bonchev–Trinajstić information content (AvgIpc) is 1.80. The number of ether oxygens (including phenoxy) is 1. The summed E-state index contributed by atoms with van der Waals surface area (Å²) in [5.74, 6) is 1.01. The number of carbonyl (C=O) groups excluding carboxylic acids is 1. The summed E-state index contributed by atoms with van der Waals surface area (Å²) in [6.45, 7) is 10.1. The molecule has 0 spiro atoms. The minimum Gasteiger partial charge on any atom is -0.463 e. The number of hydrogen-bond donors (Lipinski definition) is 0. The highest BCUT2D eigenvalue weighted by atomic mass is 16.5. The van der Waals surface area contributed by atoms with Gasteiger partial charge in [0.05, 0.1) is 0 Å². The van der Waals surface area contributed by atoms with Gasteiger partial charge in [0.1, 0.15) is 6.10 Å². The van der Waals surface area contributed by atoms with Crippen molar-refractivity contribution in [2.24, 2.45) is 11.8 Å². The summed E-state index contributed by atoms with van der Waals surface area (Å²) < 4.78 is 5.23. The molecule has 0 fully saturated rings. The van der Waals surface area contributed by atoms with Gasteiger partial charge in [-0.15, -0.1) is 0 Å². The van der Waals surface area contributed by atoms with E-state index in [2.05, 4.69) is 27.7 Å². The summed E-state index contributed by atoms with van der Waals surface area (Å²) in [5, 5.41) is 0. The molecule has 2 nitrogen and oxygen atoms in total. The van der Waals surface area contributed by atoms with Gasteiger partial charge in [-0.25, -0.2) is 0 Å². The third-order valence-corrected chi connectivity index (χ3v) is 1.80. The Morgan fingerprint density at radius 2 is 1.46 bits per heavy atom. The van der Waals surface area contributed by atoms with Crippen LogP contribution in [-0.2, 0) is 9.53 Å². The van der Waals surface area contributed by atoms with E-state index in [4.69, 9.17) is 4.74 Å². The van der Waals surface area contributed by atoms with Crippen LogP contribution in [0.15, 0.2) is 0 Å². The van der Waals surface area contributed by atoms with Gasteiger partial charge in [0.2, 0.25) is 0 Å². The summed E-state index contributed by atoms with van der Waals surface area (Å²) in [5.41, 5.74) is 0. The lowest BCUT2D eigenvalue weighted by atomic mass is 9.98. The van der Waals surface area contributed by atoms with Gasteiger partial charge in [0.25, 0.3) is 0 Å². The smallest absolute Gasteiger partial charge is 0.302 e. The van der Waals surface area contributed by atoms with Crippen molar-refractivity contribution < 1.29 is 9.53 Å². The van der Waals surface area contributed by atoms with E-state index in [0.717, 1.165) is 12.8 Å². The molecule has 0 rings (SSSR count). The third-order valence-electron chi connectivity index (χ3n) is 1.80. The van der Waals surface area contributed by atoms with E-state index in [9.17, 15) is 4.79 Å². The molecule has 0 heterocycles. The third kappa shape index (κ3) is 7.82. The normalized spacial score (nSPS) is 11.4. The van der Waals surface area contributed by atoms with E-state index in [-0.39, 0.29) is 12.1 Å². The van der Waals surface area contributed by atoms with E-state index < -0.39 is 0 Å². The lowest BCUT2D eigenvalue weighted by Gasteiger charge is -2.20. The largest absolute Gasteiger partial charge is 0.463 e. The molecule has 0 saturated heterocycles. The Bertz CT molecular complexity index is 140. The van der Waals surface area contributed by atoms with Gasteiger partial charge in [0.15, 0.2) is 0 Å². The molecule has 13 heavy (non-hydrogen) atoms. The lowest BCUT2D eigenvalue weighted by molar-refractivity contribution is -0.147. The SMILES string of the molecule is CC(=O)OC(CC(C)C)CC(C)C. The van der Waals surface area contributed by atoms with Gasteiger partial charge in [-0.05, 0) is 24.7 Å². The van der Waals surface area contributed by atoms with E-state index in [1.54, 1.807) is 0 Å². The molecule has 0 aliphatic rings. The number of hydrogen-bond acceptors (Lipinski definition) is 2. The van der Waals surface area contributed by atoms with Crippen molar-refractivity contribution in [3.05, 3.63) is 0 Å². The fourth-order valence-electron chi connectivity index (χ4n) is 1.48. The molecule has 0 amide bonds. The summed E-state index contributed by atoms with van der Waals surface area (Å²) in [4.78, 5) is 10.8. The van der Waals surface area contributed by atoms with Crippen molar-refractivity contribution in [1.82, 2.24) is 0 Å². The Labute approximate surface area is 81.7 Å². The molecular weight excluding hydrogens is 164 g/mol. The van der Waals surface area contributed by atoms with Crippen LogP contribution >= 0.6 is 0 Å². The highest BCUT2D eigenvalue weighted by molar-refractivity contribution is 5.66. The fraction of sp³-hybridized carbons (Fsp3) is 0.909. The van der Waals surface area contributed by atoms with Crippen LogP contribution in [0.3, 0.4) is 0 Å². The van der Waals surface area contributed by atoms with E-state index in [1.165, 1.54) is 6.92 Å². The zero-order valence-electron chi connectivity index (χ0n) is 9.46. The second-order valence-corrected chi connectivity index (χ2v) is 4.49. The van der Waals surface area contributed by atoms with Crippen LogP contribution < -0.4 is 0 Å². The maximum Gasteiger partial charge on any atom is 0.302 e. The number of esters is 1. The highest BCUT2D eigenvalue weighted by Crippen LogP contribution is 2.16. The number of carbonyl (C=O) groups is 1. The zero-order chi connectivity index (χ0) is 10.4. The van der Waals surface area contributed by atoms with Crippen LogP contribution in [0.25, 0.3) is 0 Å². The standard InChI is InChI=1S/C11H22O2/c1-8(2)6-11(7-9(3)4)13-10(5)12/h8-9,11H,6-7H2,1-5H3. The highest BCUT2D eigenvalue weighted by Gasteiger charge is 2.15. The molecule has 0 radical (unpaired) electrons. The summed E-state index contributed by atoms with van der Waals surface area (Å²) >= 11 is 0. The molecule has 0 aromatic rings. The monoisotopic (exact) mass is 186 g/mol. The van der Waals surface area contributed by atoms with Gasteiger partial charge in [-0.3, -0.25) is 4.79 Å². The van der Waals surface area contributed by atoms with Crippen molar-refractivity contribution >= 4 is 5.97 Å². The lowest BCUT2D eigenvalue weighted by Crippen LogP contribution is -2.20. The van der Waals surface area contributed by atoms with Crippen LogP contribution in [0.5, 0.6) is 0 Å². The van der Waals surface area contributed by atoms with Gasteiger partial charge in [-0.2, -0.15) is 0 Å². The molecule has 0 aliphatic carbocycles.